The zero-order valence-electron chi connectivity index (χ0n) is 8.81. The molecule has 0 aliphatic carbocycles. The van der Waals surface area contributed by atoms with Crippen LogP contribution in [-0.4, -0.2) is 24.5 Å². The molecular weight excluding hydrogens is 287 g/mol. The first-order chi connectivity index (χ1) is 7.66. The first-order valence-corrected chi connectivity index (χ1v) is 9.27. The predicted molar refractivity (Wildman–Crippen MR) is 65.3 cm³/mol. The molecule has 0 fully saturated rings. The lowest BCUT2D eigenvalue weighted by atomic mass is 10.2. The second kappa shape index (κ2) is 5.41. The van der Waals surface area contributed by atoms with Crippen molar-refractivity contribution in [2.45, 2.75) is 5.75 Å². The van der Waals surface area contributed by atoms with E-state index < -0.39 is 16.7 Å². The molecule has 0 saturated carbocycles. The van der Waals surface area contributed by atoms with E-state index in [0.717, 1.165) is 22.6 Å². The van der Waals surface area contributed by atoms with E-state index in [4.69, 9.17) is 9.79 Å². The molecule has 2 N–H and O–H groups in total. The smallest absolute Gasteiger partial charge is 0.404 e. The van der Waals surface area contributed by atoms with Crippen LogP contribution in [0, 0.1) is 0 Å². The third-order valence-electron chi connectivity index (χ3n) is 1.59. The van der Waals surface area contributed by atoms with Crippen molar-refractivity contribution in [3.05, 3.63) is 29.8 Å². The Morgan fingerprint density at radius 2 is 1.82 bits per heavy atom. The molecule has 0 aliphatic heterocycles. The van der Waals surface area contributed by atoms with Gasteiger partial charge in [-0.25, -0.2) is 13.0 Å². The maximum Gasteiger partial charge on any atom is 0.524 e. The second-order valence-electron chi connectivity index (χ2n) is 3.19. The van der Waals surface area contributed by atoms with Crippen molar-refractivity contribution < 1.29 is 27.3 Å². The van der Waals surface area contributed by atoms with E-state index >= 15 is 0 Å². The second-order valence-corrected chi connectivity index (χ2v) is 8.81. The van der Waals surface area contributed by atoms with Gasteiger partial charge in [0.2, 0.25) is 0 Å². The molecular formula is C8H11O6PS2. The summed E-state index contributed by atoms with van der Waals surface area (Å²) in [6, 6.07) is 5.83. The summed E-state index contributed by atoms with van der Waals surface area (Å²) in [7, 11) is -6.86. The van der Waals surface area contributed by atoms with Crippen LogP contribution >= 0.6 is 18.6 Å². The van der Waals surface area contributed by atoms with Crippen LogP contribution in [0.3, 0.4) is 0 Å². The fourth-order valence-corrected chi connectivity index (χ4v) is 2.95. The molecule has 0 aliphatic rings. The minimum Gasteiger partial charge on any atom is -0.404 e. The fourth-order valence-electron chi connectivity index (χ4n) is 0.959. The van der Waals surface area contributed by atoms with Crippen LogP contribution in [0.15, 0.2) is 24.3 Å². The molecule has 0 unspecified atom stereocenters. The standard InChI is InChI=1S/C8H11O6PS2/c1-17(12,13)16-6-7-2-4-8(5-3-7)14-15(9,10)11/h2-5H,6H2,1H3,(H2,9,10,11). The summed E-state index contributed by atoms with van der Waals surface area (Å²) in [4.78, 5) is 17.1. The maximum absolute atomic E-state index is 10.9. The van der Waals surface area contributed by atoms with Crippen LogP contribution in [0.25, 0.3) is 0 Å². The average molecular weight is 298 g/mol. The summed E-state index contributed by atoms with van der Waals surface area (Å²) in [5.41, 5.74) is 0.721. The van der Waals surface area contributed by atoms with Gasteiger partial charge in [0.15, 0.2) is 8.87 Å². The zero-order valence-corrected chi connectivity index (χ0v) is 11.3. The van der Waals surface area contributed by atoms with Gasteiger partial charge in [0.05, 0.1) is 0 Å². The minimum atomic E-state index is -4.55. The van der Waals surface area contributed by atoms with Gasteiger partial charge < -0.3 is 4.52 Å². The number of hydrogen-bond acceptors (Lipinski definition) is 5. The molecule has 0 radical (unpaired) electrons. The predicted octanol–water partition coefficient (Wildman–Crippen LogP) is 1.35. The molecule has 0 heterocycles. The van der Waals surface area contributed by atoms with Crippen LogP contribution in [0.1, 0.15) is 5.56 Å². The Morgan fingerprint density at radius 3 is 2.24 bits per heavy atom. The van der Waals surface area contributed by atoms with Gasteiger partial charge in [-0.1, -0.05) is 12.1 Å². The Kier molecular flexibility index (Phi) is 4.62. The van der Waals surface area contributed by atoms with Gasteiger partial charge in [0.1, 0.15) is 5.75 Å². The zero-order chi connectivity index (χ0) is 13.1. The summed E-state index contributed by atoms with van der Waals surface area (Å²) >= 11 is 0. The van der Waals surface area contributed by atoms with E-state index in [1.165, 1.54) is 12.1 Å². The van der Waals surface area contributed by atoms with Crippen molar-refractivity contribution in [1.29, 1.82) is 0 Å². The molecule has 1 rings (SSSR count). The lowest BCUT2D eigenvalue weighted by molar-refractivity contribution is 0.283. The molecule has 0 bridgehead atoms. The van der Waals surface area contributed by atoms with E-state index in [2.05, 4.69) is 4.52 Å². The molecule has 0 spiro atoms. The van der Waals surface area contributed by atoms with E-state index in [1.807, 2.05) is 0 Å². The van der Waals surface area contributed by atoms with Crippen molar-refractivity contribution >= 4 is 27.5 Å². The Morgan fingerprint density at radius 1 is 1.29 bits per heavy atom. The highest BCUT2D eigenvalue weighted by atomic mass is 33.1. The molecule has 17 heavy (non-hydrogen) atoms. The van der Waals surface area contributed by atoms with Crippen molar-refractivity contribution in [2.75, 3.05) is 6.26 Å². The van der Waals surface area contributed by atoms with Crippen LogP contribution in [0.5, 0.6) is 5.75 Å². The number of phosphoric ester groups is 1. The van der Waals surface area contributed by atoms with Crippen LogP contribution in [0.2, 0.25) is 0 Å². The highest BCUT2D eigenvalue weighted by Gasteiger charge is 2.15. The monoisotopic (exact) mass is 298 g/mol. The summed E-state index contributed by atoms with van der Waals surface area (Å²) in [5.74, 6) is 0.307. The molecule has 0 atom stereocenters. The van der Waals surface area contributed by atoms with Crippen molar-refractivity contribution in [3.8, 4) is 5.75 Å². The van der Waals surface area contributed by atoms with Crippen molar-refractivity contribution in [2.24, 2.45) is 0 Å². The fraction of sp³-hybridized carbons (Fsp3) is 0.250. The van der Waals surface area contributed by atoms with Gasteiger partial charge in [-0.05, 0) is 28.5 Å². The lowest BCUT2D eigenvalue weighted by Gasteiger charge is -2.07. The molecule has 96 valence electrons. The van der Waals surface area contributed by atoms with Crippen LogP contribution in [-0.2, 0) is 19.2 Å². The van der Waals surface area contributed by atoms with Gasteiger partial charge >= 0.3 is 7.82 Å². The summed E-state index contributed by atoms with van der Waals surface area (Å²) in [6.07, 6.45) is 1.11. The van der Waals surface area contributed by atoms with Gasteiger partial charge in [-0.2, -0.15) is 0 Å². The number of phosphoric acid groups is 1. The number of hydrogen-bond donors (Lipinski definition) is 2. The minimum absolute atomic E-state index is 0.0337. The third-order valence-corrected chi connectivity index (χ3v) is 4.55. The molecule has 0 saturated heterocycles. The molecule has 6 nitrogen and oxygen atoms in total. The Balaban J connectivity index is 2.66. The van der Waals surface area contributed by atoms with Crippen LogP contribution in [0.4, 0.5) is 0 Å². The highest BCUT2D eigenvalue weighted by molar-refractivity contribution is 8.71. The molecule has 0 amide bonds. The SMILES string of the molecule is CS(=O)(=O)SCc1ccc(OP(=O)(O)O)cc1. The lowest BCUT2D eigenvalue weighted by Crippen LogP contribution is -1.92. The van der Waals surface area contributed by atoms with E-state index in [1.54, 1.807) is 12.1 Å². The molecule has 9 heteroatoms. The molecule has 1 aromatic rings. The van der Waals surface area contributed by atoms with Crippen molar-refractivity contribution in [1.82, 2.24) is 0 Å². The molecule has 0 aromatic heterocycles. The summed E-state index contributed by atoms with van der Waals surface area (Å²) in [6.45, 7) is 0. The van der Waals surface area contributed by atoms with E-state index in [-0.39, 0.29) is 11.5 Å². The summed E-state index contributed by atoms with van der Waals surface area (Å²) < 4.78 is 36.7. The van der Waals surface area contributed by atoms with Gasteiger partial charge in [-0.3, -0.25) is 9.79 Å². The first-order valence-electron chi connectivity index (χ1n) is 4.34. The number of benzene rings is 1. The van der Waals surface area contributed by atoms with Gasteiger partial charge in [-0.15, -0.1) is 0 Å². The maximum atomic E-state index is 10.9. The quantitative estimate of drug-likeness (QED) is 0.625. The topological polar surface area (TPSA) is 101 Å². The average Bonchev–Trinajstić information content (AvgIpc) is 2.13. The normalized spacial score (nSPS) is 12.4. The Hall–Kier alpha value is -0.530. The van der Waals surface area contributed by atoms with Crippen LogP contribution < -0.4 is 4.52 Å². The summed E-state index contributed by atoms with van der Waals surface area (Å²) in [5, 5.41) is 0. The Bertz CT molecular complexity index is 517. The van der Waals surface area contributed by atoms with E-state index in [0.29, 0.717) is 0 Å². The first kappa shape index (κ1) is 14.5. The third kappa shape index (κ3) is 6.70. The highest BCUT2D eigenvalue weighted by Crippen LogP contribution is 2.37. The van der Waals surface area contributed by atoms with Crippen molar-refractivity contribution in [3.63, 3.8) is 0 Å². The number of rotatable bonds is 5. The van der Waals surface area contributed by atoms with Gasteiger partial charge in [0, 0.05) is 12.0 Å². The van der Waals surface area contributed by atoms with Gasteiger partial charge in [0.25, 0.3) is 0 Å². The Labute approximate surface area is 103 Å². The molecule has 1 aromatic carbocycles. The largest absolute Gasteiger partial charge is 0.524 e. The van der Waals surface area contributed by atoms with E-state index in [9.17, 15) is 13.0 Å².